The number of benzene rings is 2. The highest BCUT2D eigenvalue weighted by molar-refractivity contribution is 6.16. The van der Waals surface area contributed by atoms with Crippen molar-refractivity contribution >= 4 is 32.6 Å². The molecule has 0 saturated heterocycles. The van der Waals surface area contributed by atoms with E-state index in [0.29, 0.717) is 0 Å². The number of pyridine rings is 1. The van der Waals surface area contributed by atoms with Gasteiger partial charge in [-0.05, 0) is 23.9 Å². The Kier molecular flexibility index (Phi) is 2.75. The number of nitrogens with zero attached hydrogens (tertiary/aromatic N) is 2. The maximum Gasteiger partial charge on any atom is 0.176 e. The maximum absolute atomic E-state index is 10.1. The van der Waals surface area contributed by atoms with Gasteiger partial charge in [0.25, 0.3) is 0 Å². The first kappa shape index (κ1) is 13.3. The Morgan fingerprint density at radius 2 is 1.86 bits per heavy atom. The highest BCUT2D eigenvalue weighted by Crippen LogP contribution is 2.37. The second-order valence-electron chi connectivity index (χ2n) is 6.00. The standard InChI is InChI=1S/C19H19N2O/c1-12-13-8-9-20(2)10-15(13)16(11-22)18-14-6-4-5-7-17(14)21(3)19(12)18/h4-10,22H,11H2,1-3H3/q+1. The van der Waals surface area contributed by atoms with Crippen LogP contribution in [0.25, 0.3) is 32.6 Å². The van der Waals surface area contributed by atoms with Crippen LogP contribution in [0.3, 0.4) is 0 Å². The van der Waals surface area contributed by atoms with Crippen LogP contribution >= 0.6 is 0 Å². The second-order valence-corrected chi connectivity index (χ2v) is 6.00. The number of aliphatic hydroxyl groups excluding tert-OH is 1. The molecule has 0 spiro atoms. The summed E-state index contributed by atoms with van der Waals surface area (Å²) in [5.41, 5.74) is 4.70. The third-order valence-corrected chi connectivity index (χ3v) is 4.75. The first-order valence-corrected chi connectivity index (χ1v) is 7.52. The molecule has 0 aliphatic rings. The molecule has 0 fully saturated rings. The molecule has 0 bridgehead atoms. The van der Waals surface area contributed by atoms with Gasteiger partial charge in [-0.15, -0.1) is 0 Å². The molecule has 2 heterocycles. The minimum Gasteiger partial charge on any atom is -0.392 e. The molecule has 0 atom stereocenters. The summed E-state index contributed by atoms with van der Waals surface area (Å²) < 4.78 is 4.28. The quantitative estimate of drug-likeness (QED) is 0.536. The summed E-state index contributed by atoms with van der Waals surface area (Å²) in [6, 6.07) is 10.6. The summed E-state index contributed by atoms with van der Waals surface area (Å²) in [6.07, 6.45) is 4.17. The van der Waals surface area contributed by atoms with E-state index in [0.717, 1.165) is 10.9 Å². The molecule has 2 aromatic carbocycles. The van der Waals surface area contributed by atoms with Gasteiger partial charge in [0.05, 0.1) is 17.5 Å². The minimum absolute atomic E-state index is 0.0469. The fourth-order valence-electron chi connectivity index (χ4n) is 3.73. The molecule has 1 N–H and O–H groups in total. The molecule has 0 aliphatic carbocycles. The van der Waals surface area contributed by atoms with Crippen LogP contribution in [0.4, 0.5) is 0 Å². The second kappa shape index (κ2) is 4.55. The summed E-state index contributed by atoms with van der Waals surface area (Å²) >= 11 is 0. The van der Waals surface area contributed by atoms with E-state index in [1.807, 2.05) is 11.6 Å². The predicted octanol–water partition coefficient (Wildman–Crippen LogP) is 3.11. The number of hydrogen-bond acceptors (Lipinski definition) is 1. The molecule has 0 amide bonds. The fourth-order valence-corrected chi connectivity index (χ4v) is 3.73. The molecule has 2 aromatic heterocycles. The van der Waals surface area contributed by atoms with Crippen LogP contribution in [0.1, 0.15) is 11.1 Å². The van der Waals surface area contributed by atoms with Crippen molar-refractivity contribution in [1.82, 2.24) is 4.57 Å². The molecule has 4 rings (SSSR count). The van der Waals surface area contributed by atoms with Gasteiger partial charge in [0.1, 0.15) is 7.05 Å². The third kappa shape index (κ3) is 1.57. The number of rotatable bonds is 1. The van der Waals surface area contributed by atoms with Crippen LogP contribution in [-0.4, -0.2) is 9.67 Å². The summed E-state index contributed by atoms with van der Waals surface area (Å²) in [7, 11) is 4.12. The minimum atomic E-state index is 0.0469. The lowest BCUT2D eigenvalue weighted by molar-refractivity contribution is -0.670. The molecule has 110 valence electrons. The van der Waals surface area contributed by atoms with Gasteiger partial charge in [0.2, 0.25) is 0 Å². The predicted molar refractivity (Wildman–Crippen MR) is 89.8 cm³/mol. The van der Waals surface area contributed by atoms with E-state index < -0.39 is 0 Å². The summed E-state index contributed by atoms with van der Waals surface area (Å²) in [5.74, 6) is 0. The Balaban J connectivity index is 2.40. The Hall–Kier alpha value is -2.39. The molecule has 0 radical (unpaired) electrons. The van der Waals surface area contributed by atoms with Gasteiger partial charge >= 0.3 is 0 Å². The van der Waals surface area contributed by atoms with E-state index in [4.69, 9.17) is 0 Å². The number of fused-ring (bicyclic) bond motifs is 4. The highest BCUT2D eigenvalue weighted by Gasteiger charge is 2.19. The molecule has 0 aliphatic heterocycles. The van der Waals surface area contributed by atoms with Crippen LogP contribution < -0.4 is 4.57 Å². The van der Waals surface area contributed by atoms with Gasteiger partial charge in [0.15, 0.2) is 12.4 Å². The smallest absolute Gasteiger partial charge is 0.176 e. The zero-order valence-electron chi connectivity index (χ0n) is 13.1. The lowest BCUT2D eigenvalue weighted by Crippen LogP contribution is -2.26. The molecular weight excluding hydrogens is 272 g/mol. The number of aromatic nitrogens is 2. The molecule has 3 heteroatoms. The van der Waals surface area contributed by atoms with Crippen LogP contribution in [0.5, 0.6) is 0 Å². The molecule has 4 aromatic rings. The monoisotopic (exact) mass is 291 g/mol. The fraction of sp³-hybridized carbons (Fsp3) is 0.211. The Morgan fingerprint density at radius 1 is 1.09 bits per heavy atom. The third-order valence-electron chi connectivity index (χ3n) is 4.75. The average molecular weight is 291 g/mol. The van der Waals surface area contributed by atoms with Crippen LogP contribution in [0.2, 0.25) is 0 Å². The largest absolute Gasteiger partial charge is 0.392 e. The summed E-state index contributed by atoms with van der Waals surface area (Å²) in [5, 5.41) is 14.8. The van der Waals surface area contributed by atoms with Gasteiger partial charge in [-0.25, -0.2) is 4.57 Å². The SMILES string of the molecule is Cc1c2cc[n+](C)cc2c(CO)c2c3ccccc3n(C)c12. The lowest BCUT2D eigenvalue weighted by Gasteiger charge is -2.10. The topological polar surface area (TPSA) is 29.0 Å². The van der Waals surface area contributed by atoms with E-state index >= 15 is 0 Å². The zero-order valence-corrected chi connectivity index (χ0v) is 13.1. The van der Waals surface area contributed by atoms with Crippen molar-refractivity contribution in [3.8, 4) is 0 Å². The summed E-state index contributed by atoms with van der Waals surface area (Å²) in [6.45, 7) is 2.22. The van der Waals surface area contributed by atoms with Gasteiger partial charge in [-0.1, -0.05) is 18.2 Å². The highest BCUT2D eigenvalue weighted by atomic mass is 16.3. The first-order valence-electron chi connectivity index (χ1n) is 7.52. The van der Waals surface area contributed by atoms with Gasteiger partial charge in [0, 0.05) is 35.0 Å². The van der Waals surface area contributed by atoms with Crippen molar-refractivity contribution in [1.29, 1.82) is 0 Å². The summed E-state index contributed by atoms with van der Waals surface area (Å²) in [4.78, 5) is 0. The van der Waals surface area contributed by atoms with Crippen molar-refractivity contribution in [2.24, 2.45) is 14.1 Å². The van der Waals surface area contributed by atoms with Crippen molar-refractivity contribution in [2.45, 2.75) is 13.5 Å². The van der Waals surface area contributed by atoms with Gasteiger partial charge in [-0.2, -0.15) is 0 Å². The molecule has 22 heavy (non-hydrogen) atoms. The number of hydrogen-bond donors (Lipinski definition) is 1. The lowest BCUT2D eigenvalue weighted by atomic mass is 9.96. The zero-order chi connectivity index (χ0) is 15.4. The van der Waals surface area contributed by atoms with E-state index in [9.17, 15) is 5.11 Å². The van der Waals surface area contributed by atoms with E-state index in [-0.39, 0.29) is 6.61 Å². The van der Waals surface area contributed by atoms with Crippen molar-refractivity contribution < 1.29 is 9.67 Å². The van der Waals surface area contributed by atoms with Crippen LogP contribution in [0, 0.1) is 6.92 Å². The normalized spacial score (nSPS) is 11.8. The van der Waals surface area contributed by atoms with Crippen molar-refractivity contribution in [2.75, 3.05) is 0 Å². The number of aliphatic hydroxyl groups is 1. The molecule has 0 unspecified atom stereocenters. The van der Waals surface area contributed by atoms with Crippen molar-refractivity contribution in [3.63, 3.8) is 0 Å². The van der Waals surface area contributed by atoms with Crippen LogP contribution in [0.15, 0.2) is 42.7 Å². The van der Waals surface area contributed by atoms with E-state index in [1.165, 1.54) is 32.8 Å². The van der Waals surface area contributed by atoms with Crippen LogP contribution in [-0.2, 0) is 20.7 Å². The molecule has 0 saturated carbocycles. The molecular formula is C19H19N2O+. The average Bonchev–Trinajstić information content (AvgIpc) is 2.82. The van der Waals surface area contributed by atoms with E-state index in [1.54, 1.807) is 0 Å². The molecule has 3 nitrogen and oxygen atoms in total. The Labute approximate surface area is 129 Å². The van der Waals surface area contributed by atoms with Gasteiger partial charge in [-0.3, -0.25) is 0 Å². The van der Waals surface area contributed by atoms with E-state index in [2.05, 4.69) is 61.3 Å². The maximum atomic E-state index is 10.1. The number of aryl methyl sites for hydroxylation is 3. The Morgan fingerprint density at radius 3 is 2.64 bits per heavy atom. The first-order chi connectivity index (χ1) is 10.6. The Bertz CT molecular complexity index is 1040. The number of para-hydroxylation sites is 1. The van der Waals surface area contributed by atoms with Crippen molar-refractivity contribution in [3.05, 3.63) is 53.9 Å². The van der Waals surface area contributed by atoms with Gasteiger partial charge < -0.3 is 9.67 Å².